The third kappa shape index (κ3) is 3.37. The van der Waals surface area contributed by atoms with Crippen molar-refractivity contribution in [1.82, 2.24) is 14.8 Å². The molecule has 8 heteroatoms. The first-order valence-electron chi connectivity index (χ1n) is 8.90. The maximum atomic E-state index is 12.5. The van der Waals surface area contributed by atoms with E-state index in [1.165, 1.54) is 0 Å². The van der Waals surface area contributed by atoms with Gasteiger partial charge in [-0.1, -0.05) is 6.07 Å². The largest absolute Gasteiger partial charge is 0.417 e. The maximum Gasteiger partial charge on any atom is 0.417 e. The normalized spacial score (nSPS) is 20.7. The number of rotatable bonds is 3. The van der Waals surface area contributed by atoms with Gasteiger partial charge < -0.3 is 19.0 Å². The first-order valence-corrected chi connectivity index (χ1v) is 8.90. The molecule has 1 atom stereocenters. The molecule has 2 saturated heterocycles. The van der Waals surface area contributed by atoms with Crippen LogP contribution in [0.2, 0.25) is 0 Å². The van der Waals surface area contributed by atoms with Crippen molar-refractivity contribution >= 4 is 22.9 Å². The van der Waals surface area contributed by atoms with Gasteiger partial charge in [0.05, 0.1) is 11.9 Å². The highest BCUT2D eigenvalue weighted by Crippen LogP contribution is 2.17. The Bertz CT molecular complexity index is 872. The summed E-state index contributed by atoms with van der Waals surface area (Å²) >= 11 is 0. The molecular weight excluding hydrogens is 338 g/mol. The summed E-state index contributed by atoms with van der Waals surface area (Å²) in [5, 5.41) is 0. The lowest BCUT2D eigenvalue weighted by molar-refractivity contribution is -0.145. The van der Waals surface area contributed by atoms with E-state index in [-0.39, 0.29) is 24.3 Å². The molecule has 1 aromatic carbocycles. The van der Waals surface area contributed by atoms with Gasteiger partial charge in [-0.25, -0.2) is 4.79 Å². The van der Waals surface area contributed by atoms with Crippen molar-refractivity contribution in [2.24, 2.45) is 0 Å². The van der Waals surface area contributed by atoms with E-state index < -0.39 is 5.76 Å². The molecule has 0 spiro atoms. The standard InChI is InChI=1S/C18H21N3O5/c22-16(11-12-3-4-14-13(10-12)19-18(24)26-14)20-5-7-21(8-6-20)17(23)15-2-1-9-25-15/h3-4,10,15H,1-2,5-9,11H2,(H,19,24). The van der Waals surface area contributed by atoms with Crippen LogP contribution < -0.4 is 5.76 Å². The van der Waals surface area contributed by atoms with E-state index in [2.05, 4.69) is 4.98 Å². The number of oxazole rings is 1. The number of fused-ring (bicyclic) bond motifs is 1. The Kier molecular flexibility index (Phi) is 4.50. The summed E-state index contributed by atoms with van der Waals surface area (Å²) in [4.78, 5) is 42.3. The Morgan fingerprint density at radius 3 is 2.65 bits per heavy atom. The number of benzene rings is 1. The van der Waals surface area contributed by atoms with Gasteiger partial charge in [0, 0.05) is 32.8 Å². The van der Waals surface area contributed by atoms with E-state index >= 15 is 0 Å². The monoisotopic (exact) mass is 359 g/mol. The van der Waals surface area contributed by atoms with Gasteiger partial charge in [-0.3, -0.25) is 14.6 Å². The number of hydrogen-bond donors (Lipinski definition) is 1. The smallest absolute Gasteiger partial charge is 0.408 e. The van der Waals surface area contributed by atoms with Gasteiger partial charge in [0.25, 0.3) is 5.91 Å². The van der Waals surface area contributed by atoms with Gasteiger partial charge in [0.15, 0.2) is 5.58 Å². The highest BCUT2D eigenvalue weighted by molar-refractivity contribution is 5.83. The number of hydrogen-bond acceptors (Lipinski definition) is 5. The molecule has 1 unspecified atom stereocenters. The van der Waals surface area contributed by atoms with Gasteiger partial charge >= 0.3 is 5.76 Å². The van der Waals surface area contributed by atoms with Gasteiger partial charge in [0.2, 0.25) is 5.91 Å². The minimum Gasteiger partial charge on any atom is -0.408 e. The van der Waals surface area contributed by atoms with Crippen LogP contribution in [0.15, 0.2) is 27.4 Å². The number of amides is 2. The zero-order chi connectivity index (χ0) is 18.1. The number of aromatic amines is 1. The lowest BCUT2D eigenvalue weighted by Crippen LogP contribution is -2.53. The number of nitrogens with one attached hydrogen (secondary N) is 1. The molecule has 3 heterocycles. The van der Waals surface area contributed by atoms with E-state index in [1.807, 2.05) is 0 Å². The second kappa shape index (κ2) is 6.95. The number of H-pyrrole nitrogens is 1. The predicted molar refractivity (Wildman–Crippen MR) is 92.7 cm³/mol. The predicted octanol–water partition coefficient (Wildman–Crippen LogP) is 0.513. The molecule has 2 aliphatic rings. The molecule has 0 aliphatic carbocycles. The lowest BCUT2D eigenvalue weighted by atomic mass is 10.1. The number of nitrogens with zero attached hydrogens (tertiary/aromatic N) is 2. The molecule has 0 radical (unpaired) electrons. The summed E-state index contributed by atoms with van der Waals surface area (Å²) in [7, 11) is 0. The van der Waals surface area contributed by atoms with Crippen molar-refractivity contribution < 1.29 is 18.7 Å². The molecule has 4 rings (SSSR count). The summed E-state index contributed by atoms with van der Waals surface area (Å²) in [6.45, 7) is 2.79. The lowest BCUT2D eigenvalue weighted by Gasteiger charge is -2.35. The second-order valence-electron chi connectivity index (χ2n) is 6.73. The number of ether oxygens (including phenoxy) is 1. The van der Waals surface area contributed by atoms with Crippen molar-refractivity contribution in [2.75, 3.05) is 32.8 Å². The van der Waals surface area contributed by atoms with E-state index in [9.17, 15) is 14.4 Å². The van der Waals surface area contributed by atoms with Crippen molar-refractivity contribution in [2.45, 2.75) is 25.4 Å². The minimum absolute atomic E-state index is 0.0133. The first kappa shape index (κ1) is 16.8. The number of carbonyl (C=O) groups excluding carboxylic acids is 2. The molecule has 1 aromatic heterocycles. The summed E-state index contributed by atoms with van der Waals surface area (Å²) in [5.74, 6) is -0.445. The first-order chi connectivity index (χ1) is 12.6. The van der Waals surface area contributed by atoms with Crippen LogP contribution in [-0.2, 0) is 20.7 Å². The van der Waals surface area contributed by atoms with Crippen LogP contribution >= 0.6 is 0 Å². The average molecular weight is 359 g/mol. The Morgan fingerprint density at radius 1 is 1.15 bits per heavy atom. The van der Waals surface area contributed by atoms with Crippen LogP contribution in [-0.4, -0.2) is 65.5 Å². The number of aromatic nitrogens is 1. The van der Waals surface area contributed by atoms with Crippen molar-refractivity contribution in [3.05, 3.63) is 34.3 Å². The van der Waals surface area contributed by atoms with Crippen LogP contribution in [0.1, 0.15) is 18.4 Å². The third-order valence-electron chi connectivity index (χ3n) is 4.99. The average Bonchev–Trinajstić information content (AvgIpc) is 3.29. The SMILES string of the molecule is O=C(Cc1ccc2oc(=O)[nH]c2c1)N1CCN(C(=O)C2CCCO2)CC1. The van der Waals surface area contributed by atoms with Crippen LogP contribution in [0.25, 0.3) is 11.1 Å². The number of carbonyl (C=O) groups is 2. The van der Waals surface area contributed by atoms with Gasteiger partial charge in [-0.05, 0) is 30.5 Å². The molecule has 0 bridgehead atoms. The van der Waals surface area contributed by atoms with Gasteiger partial charge in [-0.2, -0.15) is 0 Å². The third-order valence-corrected chi connectivity index (χ3v) is 4.99. The number of piperazine rings is 1. The molecule has 2 aromatic rings. The van der Waals surface area contributed by atoms with Gasteiger partial charge in [0.1, 0.15) is 6.10 Å². The zero-order valence-corrected chi connectivity index (χ0v) is 14.4. The van der Waals surface area contributed by atoms with Crippen molar-refractivity contribution in [3.8, 4) is 0 Å². The summed E-state index contributed by atoms with van der Waals surface area (Å²) in [6, 6.07) is 5.23. The molecule has 26 heavy (non-hydrogen) atoms. The Hall–Kier alpha value is -2.61. The quantitative estimate of drug-likeness (QED) is 0.862. The van der Waals surface area contributed by atoms with E-state index in [0.29, 0.717) is 43.9 Å². The van der Waals surface area contributed by atoms with Crippen molar-refractivity contribution in [1.29, 1.82) is 0 Å². The Balaban J connectivity index is 1.34. The topological polar surface area (TPSA) is 95.9 Å². The molecule has 138 valence electrons. The highest BCUT2D eigenvalue weighted by Gasteiger charge is 2.31. The maximum absolute atomic E-state index is 12.5. The van der Waals surface area contributed by atoms with E-state index in [4.69, 9.17) is 9.15 Å². The fourth-order valence-corrected chi connectivity index (χ4v) is 3.55. The van der Waals surface area contributed by atoms with E-state index in [1.54, 1.807) is 28.0 Å². The van der Waals surface area contributed by atoms with Crippen LogP contribution in [0.4, 0.5) is 0 Å². The van der Waals surface area contributed by atoms with Crippen LogP contribution in [0, 0.1) is 0 Å². The molecule has 0 saturated carbocycles. The molecule has 8 nitrogen and oxygen atoms in total. The van der Waals surface area contributed by atoms with Crippen molar-refractivity contribution in [3.63, 3.8) is 0 Å². The molecule has 2 fully saturated rings. The molecule has 1 N–H and O–H groups in total. The molecular formula is C18H21N3O5. The Labute approximate surface area is 149 Å². The van der Waals surface area contributed by atoms with Crippen LogP contribution in [0.3, 0.4) is 0 Å². The second-order valence-corrected chi connectivity index (χ2v) is 6.73. The van der Waals surface area contributed by atoms with Gasteiger partial charge in [-0.15, -0.1) is 0 Å². The summed E-state index contributed by atoms with van der Waals surface area (Å²) in [5.41, 5.74) is 1.89. The van der Waals surface area contributed by atoms with E-state index in [0.717, 1.165) is 18.4 Å². The molecule has 2 aliphatic heterocycles. The Morgan fingerprint density at radius 2 is 1.92 bits per heavy atom. The summed E-state index contributed by atoms with van der Waals surface area (Å²) in [6.07, 6.45) is 1.67. The fraction of sp³-hybridized carbons (Fsp3) is 0.500. The van der Waals surface area contributed by atoms with Crippen LogP contribution in [0.5, 0.6) is 0 Å². The fourth-order valence-electron chi connectivity index (χ4n) is 3.55. The zero-order valence-electron chi connectivity index (χ0n) is 14.4. The minimum atomic E-state index is -0.504. The summed E-state index contributed by atoms with van der Waals surface area (Å²) < 4.78 is 10.4. The highest BCUT2D eigenvalue weighted by atomic mass is 16.5. The molecule has 2 amide bonds.